The van der Waals surface area contributed by atoms with Crippen molar-refractivity contribution in [1.29, 1.82) is 0 Å². The highest BCUT2D eigenvalue weighted by Gasteiger charge is 2.50. The first-order valence-electron chi connectivity index (χ1n) is 12.0. The highest BCUT2D eigenvalue weighted by Crippen LogP contribution is 2.42. The zero-order chi connectivity index (χ0) is 27.7. The van der Waals surface area contributed by atoms with Crippen LogP contribution in [0.2, 0.25) is 0 Å². The Hall–Kier alpha value is -4.54. The molecule has 198 valence electrons. The fourth-order valence-corrected chi connectivity index (χ4v) is 3.94. The van der Waals surface area contributed by atoms with Crippen LogP contribution in [0.15, 0.2) is 60.8 Å². The Morgan fingerprint density at radius 2 is 1.50 bits per heavy atom. The van der Waals surface area contributed by atoms with Crippen LogP contribution in [0.3, 0.4) is 0 Å². The number of ether oxygens (including phenoxy) is 2. The molecule has 1 aliphatic rings. The molecule has 3 aromatic rings. The van der Waals surface area contributed by atoms with Crippen LogP contribution in [-0.2, 0) is 4.74 Å². The molecule has 0 unspecified atom stereocenters. The van der Waals surface area contributed by atoms with E-state index in [1.807, 2.05) is 20.8 Å². The van der Waals surface area contributed by atoms with Crippen LogP contribution >= 0.6 is 0 Å². The van der Waals surface area contributed by atoms with Gasteiger partial charge in [-0.15, -0.1) is 0 Å². The Morgan fingerprint density at radius 1 is 0.974 bits per heavy atom. The van der Waals surface area contributed by atoms with Crippen LogP contribution in [0.1, 0.15) is 33.6 Å². The first kappa shape index (κ1) is 26.5. The highest BCUT2D eigenvalue weighted by molar-refractivity contribution is 5.82. The number of hydrogen-bond acceptors (Lipinski definition) is 8. The minimum Gasteiger partial charge on any atom is -0.490 e. The summed E-state index contributed by atoms with van der Waals surface area (Å²) in [5, 5.41) is 22.2. The molecule has 0 aliphatic heterocycles. The van der Waals surface area contributed by atoms with Gasteiger partial charge in [-0.25, -0.2) is 4.79 Å². The van der Waals surface area contributed by atoms with Crippen molar-refractivity contribution < 1.29 is 24.1 Å². The number of nitro benzene ring substituents is 2. The fraction of sp³-hybridized carbons (Fsp3) is 0.333. The molecular weight excluding hydrogens is 492 g/mol. The number of amides is 1. The lowest BCUT2D eigenvalue weighted by Gasteiger charge is -2.30. The number of hydrogen-bond donors (Lipinski definition) is 0. The third-order valence-corrected chi connectivity index (χ3v) is 6.32. The van der Waals surface area contributed by atoms with Gasteiger partial charge in [0.2, 0.25) is 0 Å². The molecule has 0 bridgehead atoms. The van der Waals surface area contributed by atoms with Crippen LogP contribution in [-0.4, -0.2) is 50.6 Å². The van der Waals surface area contributed by atoms with Crippen molar-refractivity contribution in [2.45, 2.75) is 44.8 Å². The van der Waals surface area contributed by atoms with E-state index in [1.165, 1.54) is 24.3 Å². The number of rotatable bonds is 8. The maximum atomic E-state index is 12.6. The number of nitrogens with zero attached hydrogens (tertiary/aromatic N) is 4. The number of carbonyl (C=O) groups excluding carboxylic acids is 1. The molecular formula is C27H28N4O7. The van der Waals surface area contributed by atoms with Crippen molar-refractivity contribution in [3.8, 4) is 28.1 Å². The van der Waals surface area contributed by atoms with Gasteiger partial charge in [-0.05, 0) is 69.5 Å². The number of non-ortho nitro benzene ring substituents is 2. The van der Waals surface area contributed by atoms with E-state index in [1.54, 1.807) is 48.5 Å². The standard InChI is InChI=1S/C27H28N4O7/c1-26(2,3)38-25(32)29(4)27(13-14-27)17-37-22-15-23(18-5-9-20(10-6-18)30(33)34)24(28-16-22)19-7-11-21(12-8-19)31(35)36/h5-12,15-16H,13-14,17H2,1-4H3. The number of pyridine rings is 1. The van der Waals surface area contributed by atoms with Gasteiger partial charge < -0.3 is 14.4 Å². The first-order chi connectivity index (χ1) is 17.9. The first-order valence-corrected chi connectivity index (χ1v) is 12.0. The highest BCUT2D eigenvalue weighted by atomic mass is 16.6. The lowest BCUT2D eigenvalue weighted by atomic mass is 9.99. The normalized spacial score (nSPS) is 13.9. The van der Waals surface area contributed by atoms with Gasteiger partial charge in [-0.3, -0.25) is 25.2 Å². The average molecular weight is 521 g/mol. The zero-order valence-corrected chi connectivity index (χ0v) is 21.5. The number of nitro groups is 2. The molecule has 0 atom stereocenters. The predicted molar refractivity (Wildman–Crippen MR) is 140 cm³/mol. The number of likely N-dealkylation sites (N-methyl/N-ethyl adjacent to an activating group) is 1. The summed E-state index contributed by atoms with van der Waals surface area (Å²) in [5.74, 6) is 0.452. The minimum absolute atomic E-state index is 0.0468. The Bertz CT molecular complexity index is 1360. The summed E-state index contributed by atoms with van der Waals surface area (Å²) >= 11 is 0. The van der Waals surface area contributed by atoms with Gasteiger partial charge in [0.1, 0.15) is 18.0 Å². The van der Waals surface area contributed by atoms with E-state index in [2.05, 4.69) is 4.98 Å². The average Bonchev–Trinajstić information content (AvgIpc) is 3.67. The minimum atomic E-state index is -0.612. The maximum Gasteiger partial charge on any atom is 0.410 e. The second kappa shape index (κ2) is 10.1. The molecule has 2 aromatic carbocycles. The van der Waals surface area contributed by atoms with E-state index in [0.29, 0.717) is 28.1 Å². The van der Waals surface area contributed by atoms with Crippen molar-refractivity contribution in [2.24, 2.45) is 0 Å². The van der Waals surface area contributed by atoms with Gasteiger partial charge in [0.05, 0.1) is 27.3 Å². The molecule has 1 aliphatic carbocycles. The largest absolute Gasteiger partial charge is 0.490 e. The van der Waals surface area contributed by atoms with E-state index in [4.69, 9.17) is 9.47 Å². The second-order valence-corrected chi connectivity index (χ2v) is 10.2. The van der Waals surface area contributed by atoms with Gasteiger partial charge in [0.15, 0.2) is 0 Å². The van der Waals surface area contributed by atoms with Crippen molar-refractivity contribution in [3.05, 3.63) is 81.0 Å². The summed E-state index contributed by atoms with van der Waals surface area (Å²) in [6.07, 6.45) is 2.67. The van der Waals surface area contributed by atoms with Crippen LogP contribution in [0.4, 0.5) is 16.2 Å². The Kier molecular flexibility index (Phi) is 7.03. The lowest BCUT2D eigenvalue weighted by molar-refractivity contribution is -0.385. The van der Waals surface area contributed by atoms with Crippen molar-refractivity contribution in [3.63, 3.8) is 0 Å². The third kappa shape index (κ3) is 5.88. The zero-order valence-electron chi connectivity index (χ0n) is 21.5. The summed E-state index contributed by atoms with van der Waals surface area (Å²) < 4.78 is 11.6. The Balaban J connectivity index is 1.62. The molecule has 0 N–H and O–H groups in total. The summed E-state index contributed by atoms with van der Waals surface area (Å²) in [7, 11) is 1.70. The topological polar surface area (TPSA) is 138 Å². The van der Waals surface area contributed by atoms with E-state index in [0.717, 1.165) is 12.8 Å². The quantitative estimate of drug-likeness (QED) is 0.260. The number of benzene rings is 2. The summed E-state index contributed by atoms with van der Waals surface area (Å²) in [6.45, 7) is 5.67. The van der Waals surface area contributed by atoms with Crippen LogP contribution < -0.4 is 4.74 Å². The maximum absolute atomic E-state index is 12.6. The molecule has 0 saturated heterocycles. The number of carbonyl (C=O) groups is 1. The Labute approximate surface area is 219 Å². The molecule has 0 spiro atoms. The molecule has 11 nitrogen and oxygen atoms in total. The molecule has 11 heteroatoms. The van der Waals surface area contributed by atoms with Gasteiger partial charge in [-0.2, -0.15) is 0 Å². The molecule has 1 fully saturated rings. The molecule has 1 saturated carbocycles. The summed E-state index contributed by atoms with van der Waals surface area (Å²) in [4.78, 5) is 40.0. The SMILES string of the molecule is CN(C(=O)OC(C)(C)C)C1(COc2cnc(-c3ccc([N+](=O)[O-])cc3)c(-c3ccc([N+](=O)[O-])cc3)c2)CC1. The van der Waals surface area contributed by atoms with Crippen LogP contribution in [0.25, 0.3) is 22.4 Å². The van der Waals surface area contributed by atoms with Gasteiger partial charge in [-0.1, -0.05) is 0 Å². The van der Waals surface area contributed by atoms with E-state index >= 15 is 0 Å². The second-order valence-electron chi connectivity index (χ2n) is 10.2. The fourth-order valence-electron chi connectivity index (χ4n) is 3.94. The van der Waals surface area contributed by atoms with Crippen molar-refractivity contribution in [1.82, 2.24) is 9.88 Å². The van der Waals surface area contributed by atoms with Gasteiger partial charge in [0.25, 0.3) is 11.4 Å². The summed E-state index contributed by atoms with van der Waals surface area (Å²) in [6, 6.07) is 13.8. The molecule has 1 amide bonds. The van der Waals surface area contributed by atoms with E-state index in [-0.39, 0.29) is 18.0 Å². The predicted octanol–water partition coefficient (Wildman–Crippen LogP) is 6.01. The van der Waals surface area contributed by atoms with Crippen LogP contribution in [0.5, 0.6) is 5.75 Å². The monoisotopic (exact) mass is 520 g/mol. The number of aromatic nitrogens is 1. The lowest BCUT2D eigenvalue weighted by Crippen LogP contribution is -2.45. The van der Waals surface area contributed by atoms with E-state index in [9.17, 15) is 25.0 Å². The Morgan fingerprint density at radius 3 is 1.97 bits per heavy atom. The summed E-state index contributed by atoms with van der Waals surface area (Å²) in [5.41, 5.74) is 1.28. The molecule has 1 heterocycles. The van der Waals surface area contributed by atoms with E-state index < -0.39 is 27.1 Å². The van der Waals surface area contributed by atoms with Gasteiger partial charge in [0, 0.05) is 42.4 Å². The van der Waals surface area contributed by atoms with Crippen LogP contribution in [0, 0.1) is 20.2 Å². The smallest absolute Gasteiger partial charge is 0.410 e. The molecule has 38 heavy (non-hydrogen) atoms. The van der Waals surface area contributed by atoms with Crippen molar-refractivity contribution in [2.75, 3.05) is 13.7 Å². The van der Waals surface area contributed by atoms with Crippen molar-refractivity contribution >= 4 is 17.5 Å². The molecule has 0 radical (unpaired) electrons. The molecule has 1 aromatic heterocycles. The van der Waals surface area contributed by atoms with Gasteiger partial charge >= 0.3 is 6.09 Å². The third-order valence-electron chi connectivity index (χ3n) is 6.32. The molecule has 4 rings (SSSR count).